The van der Waals surface area contributed by atoms with Gasteiger partial charge in [0.1, 0.15) is 5.75 Å². The van der Waals surface area contributed by atoms with E-state index in [1.54, 1.807) is 16.9 Å². The molecule has 0 unspecified atom stereocenters. The molecule has 1 fully saturated rings. The molecule has 1 aliphatic rings. The van der Waals surface area contributed by atoms with E-state index in [4.69, 9.17) is 4.74 Å². The lowest BCUT2D eigenvalue weighted by Crippen LogP contribution is -2.48. The molecule has 2 heterocycles. The summed E-state index contributed by atoms with van der Waals surface area (Å²) in [4.78, 5) is 17.3. The minimum atomic E-state index is -0.0218. The summed E-state index contributed by atoms with van der Waals surface area (Å²) in [6.45, 7) is 6.47. The summed E-state index contributed by atoms with van der Waals surface area (Å²) in [5.41, 5.74) is 5.43. The van der Waals surface area contributed by atoms with Gasteiger partial charge in [-0.1, -0.05) is 66.7 Å². The summed E-state index contributed by atoms with van der Waals surface area (Å²) < 4.78 is 7.53. The summed E-state index contributed by atoms with van der Waals surface area (Å²) in [5.74, 6) is 0.740. The van der Waals surface area contributed by atoms with Gasteiger partial charge in [0.05, 0.1) is 0 Å². The molecule has 6 nitrogen and oxygen atoms in total. The lowest BCUT2D eigenvalue weighted by atomic mass is 10.1. The third-order valence-corrected chi connectivity index (χ3v) is 6.50. The Morgan fingerprint density at radius 3 is 2.26 bits per heavy atom. The molecule has 0 spiro atoms. The number of hydrogen-bond donors (Lipinski definition) is 0. The van der Waals surface area contributed by atoms with Gasteiger partial charge >= 0.3 is 0 Å². The van der Waals surface area contributed by atoms with Crippen LogP contribution in [0, 0.1) is 6.92 Å². The van der Waals surface area contributed by atoms with Crippen LogP contribution in [0.4, 0.5) is 0 Å². The van der Waals surface area contributed by atoms with Crippen LogP contribution in [0.2, 0.25) is 0 Å². The molecule has 6 heteroatoms. The Hall–Kier alpha value is -3.90. The number of amides is 1. The van der Waals surface area contributed by atoms with E-state index in [1.807, 2.05) is 47.4 Å². The lowest BCUT2D eigenvalue weighted by Gasteiger charge is -2.34. The van der Waals surface area contributed by atoms with Gasteiger partial charge in [-0.25, -0.2) is 4.68 Å². The molecule has 0 atom stereocenters. The van der Waals surface area contributed by atoms with Crippen molar-refractivity contribution in [3.8, 4) is 16.9 Å². The van der Waals surface area contributed by atoms with Gasteiger partial charge < -0.3 is 9.64 Å². The number of benzene rings is 3. The van der Waals surface area contributed by atoms with Crippen molar-refractivity contribution in [3.63, 3.8) is 0 Å². The molecular weight excluding hydrogens is 436 g/mol. The zero-order valence-electron chi connectivity index (χ0n) is 20.0. The Morgan fingerprint density at radius 1 is 0.829 bits per heavy atom. The maximum atomic E-state index is 13.0. The van der Waals surface area contributed by atoms with E-state index >= 15 is 0 Å². The van der Waals surface area contributed by atoms with Gasteiger partial charge in [-0.2, -0.15) is 5.10 Å². The molecule has 4 aromatic rings. The monoisotopic (exact) mass is 466 g/mol. The Balaban J connectivity index is 1.11. The summed E-state index contributed by atoms with van der Waals surface area (Å²) >= 11 is 0. The SMILES string of the molecule is Cc1ccccc1CN1CCN(C(=O)c2ccn(COc3ccc(-c4ccccc4)cc3)n2)CC1. The number of aryl methyl sites for hydroxylation is 1. The lowest BCUT2D eigenvalue weighted by molar-refractivity contribution is 0.0620. The highest BCUT2D eigenvalue weighted by Crippen LogP contribution is 2.22. The van der Waals surface area contributed by atoms with E-state index in [-0.39, 0.29) is 12.6 Å². The first kappa shape index (κ1) is 22.9. The number of piperazine rings is 1. The van der Waals surface area contributed by atoms with Crippen molar-refractivity contribution in [1.29, 1.82) is 0 Å². The quantitative estimate of drug-likeness (QED) is 0.391. The van der Waals surface area contributed by atoms with Gasteiger partial charge in [0, 0.05) is 38.9 Å². The number of carbonyl (C=O) groups is 1. The third-order valence-electron chi connectivity index (χ3n) is 6.50. The van der Waals surface area contributed by atoms with E-state index in [0.29, 0.717) is 18.8 Å². The molecule has 1 aromatic heterocycles. The minimum Gasteiger partial charge on any atom is -0.471 e. The molecule has 3 aromatic carbocycles. The van der Waals surface area contributed by atoms with Crippen molar-refractivity contribution in [3.05, 3.63) is 108 Å². The smallest absolute Gasteiger partial charge is 0.274 e. The normalized spacial score (nSPS) is 14.1. The van der Waals surface area contributed by atoms with Gasteiger partial charge in [-0.15, -0.1) is 0 Å². The number of ether oxygens (including phenoxy) is 1. The summed E-state index contributed by atoms with van der Waals surface area (Å²) in [6, 6.07) is 28.5. The number of nitrogens with zero attached hydrogens (tertiary/aromatic N) is 4. The van der Waals surface area contributed by atoms with Crippen LogP contribution >= 0.6 is 0 Å². The maximum Gasteiger partial charge on any atom is 0.274 e. The molecule has 0 saturated carbocycles. The molecule has 0 radical (unpaired) electrons. The molecule has 1 saturated heterocycles. The van der Waals surface area contributed by atoms with Crippen LogP contribution < -0.4 is 4.74 Å². The van der Waals surface area contributed by atoms with Gasteiger partial charge in [0.2, 0.25) is 0 Å². The van der Waals surface area contributed by atoms with Crippen LogP contribution in [0.3, 0.4) is 0 Å². The molecule has 5 rings (SSSR count). The average molecular weight is 467 g/mol. The Morgan fingerprint density at radius 2 is 1.51 bits per heavy atom. The highest BCUT2D eigenvalue weighted by atomic mass is 16.5. The van der Waals surface area contributed by atoms with Gasteiger partial charge in [-0.05, 0) is 47.4 Å². The second-order valence-electron chi connectivity index (χ2n) is 8.90. The predicted molar refractivity (Wildman–Crippen MR) is 137 cm³/mol. The summed E-state index contributed by atoms with van der Waals surface area (Å²) in [7, 11) is 0. The van der Waals surface area contributed by atoms with E-state index in [0.717, 1.165) is 30.9 Å². The molecule has 178 valence electrons. The topological polar surface area (TPSA) is 50.6 Å². The Labute approximate surface area is 206 Å². The van der Waals surface area contributed by atoms with Crippen molar-refractivity contribution in [2.45, 2.75) is 20.2 Å². The molecule has 0 aliphatic carbocycles. The minimum absolute atomic E-state index is 0.0218. The van der Waals surface area contributed by atoms with Gasteiger partial charge in [-0.3, -0.25) is 9.69 Å². The number of carbonyl (C=O) groups excluding carboxylic acids is 1. The fourth-order valence-electron chi connectivity index (χ4n) is 4.36. The van der Waals surface area contributed by atoms with Crippen LogP contribution in [0.5, 0.6) is 5.75 Å². The molecule has 0 N–H and O–H groups in total. The fourth-order valence-corrected chi connectivity index (χ4v) is 4.36. The Kier molecular flexibility index (Phi) is 6.91. The van der Waals surface area contributed by atoms with E-state index < -0.39 is 0 Å². The van der Waals surface area contributed by atoms with Crippen molar-refractivity contribution >= 4 is 5.91 Å². The molecule has 0 bridgehead atoms. The van der Waals surface area contributed by atoms with Crippen molar-refractivity contribution in [2.75, 3.05) is 26.2 Å². The molecule has 1 amide bonds. The fraction of sp³-hybridized carbons (Fsp3) is 0.241. The van der Waals surface area contributed by atoms with Crippen LogP contribution in [0.25, 0.3) is 11.1 Å². The van der Waals surface area contributed by atoms with Crippen molar-refractivity contribution in [2.24, 2.45) is 0 Å². The second kappa shape index (κ2) is 10.6. The second-order valence-corrected chi connectivity index (χ2v) is 8.90. The standard InChI is InChI=1S/C29H30N4O2/c1-23-7-5-6-10-26(23)21-31-17-19-32(20-18-31)29(34)28-15-16-33(30-28)22-35-27-13-11-25(12-14-27)24-8-3-2-4-9-24/h2-16H,17-22H2,1H3. The Bertz CT molecular complexity index is 1260. The summed E-state index contributed by atoms with van der Waals surface area (Å²) in [6.07, 6.45) is 1.79. The van der Waals surface area contributed by atoms with Crippen LogP contribution in [-0.4, -0.2) is 51.7 Å². The van der Waals surface area contributed by atoms with Crippen molar-refractivity contribution < 1.29 is 9.53 Å². The first-order valence-electron chi connectivity index (χ1n) is 12.0. The molecular formula is C29H30N4O2. The van der Waals surface area contributed by atoms with Crippen LogP contribution in [-0.2, 0) is 13.3 Å². The number of aromatic nitrogens is 2. The van der Waals surface area contributed by atoms with Gasteiger partial charge in [0.25, 0.3) is 5.91 Å². The van der Waals surface area contributed by atoms with E-state index in [9.17, 15) is 4.79 Å². The van der Waals surface area contributed by atoms with E-state index in [2.05, 4.69) is 53.3 Å². The van der Waals surface area contributed by atoms with Crippen LogP contribution in [0.15, 0.2) is 91.1 Å². The van der Waals surface area contributed by atoms with Crippen LogP contribution in [0.1, 0.15) is 21.6 Å². The van der Waals surface area contributed by atoms with E-state index in [1.165, 1.54) is 16.7 Å². The number of hydrogen-bond acceptors (Lipinski definition) is 4. The largest absolute Gasteiger partial charge is 0.471 e. The molecule has 1 aliphatic heterocycles. The maximum absolute atomic E-state index is 13.0. The highest BCUT2D eigenvalue weighted by Gasteiger charge is 2.24. The zero-order chi connectivity index (χ0) is 24.0. The highest BCUT2D eigenvalue weighted by molar-refractivity contribution is 5.92. The van der Waals surface area contributed by atoms with Crippen molar-refractivity contribution in [1.82, 2.24) is 19.6 Å². The average Bonchev–Trinajstić information content (AvgIpc) is 3.39. The first-order chi connectivity index (χ1) is 17.2. The third kappa shape index (κ3) is 5.61. The summed E-state index contributed by atoms with van der Waals surface area (Å²) in [5, 5.41) is 4.45. The zero-order valence-corrected chi connectivity index (χ0v) is 20.0. The first-order valence-corrected chi connectivity index (χ1v) is 12.0. The molecule has 35 heavy (non-hydrogen) atoms. The van der Waals surface area contributed by atoms with Gasteiger partial charge in [0.15, 0.2) is 12.4 Å². The number of rotatable bonds is 7. The predicted octanol–water partition coefficient (Wildman–Crippen LogP) is 4.85.